The zero-order valence-electron chi connectivity index (χ0n) is 11.5. The van der Waals surface area contributed by atoms with Gasteiger partial charge in [-0.15, -0.1) is 0 Å². The molecule has 0 saturated carbocycles. The number of ether oxygens (including phenoxy) is 1. The first-order valence-corrected chi connectivity index (χ1v) is 6.37. The minimum absolute atomic E-state index is 0.595. The van der Waals surface area contributed by atoms with Gasteiger partial charge in [0.25, 0.3) is 0 Å². The van der Waals surface area contributed by atoms with Crippen LogP contribution in [-0.2, 0) is 6.42 Å². The van der Waals surface area contributed by atoms with Gasteiger partial charge in [-0.05, 0) is 25.5 Å². The maximum absolute atomic E-state index is 5.88. The Bertz CT molecular complexity index is 557. The average Bonchev–Trinajstić information content (AvgIpc) is 2.43. The van der Waals surface area contributed by atoms with Crippen molar-refractivity contribution in [2.24, 2.45) is 0 Å². The molecule has 1 N–H and O–H groups in total. The molecule has 2 aromatic heterocycles. The smallest absolute Gasteiger partial charge is 0.227 e. The molecular formula is C14H18N4O. The second kappa shape index (κ2) is 6.13. The third-order valence-electron chi connectivity index (χ3n) is 2.81. The molecule has 0 unspecified atom stereocenters. The molecule has 0 atom stereocenters. The summed E-state index contributed by atoms with van der Waals surface area (Å²) >= 11 is 0. The summed E-state index contributed by atoms with van der Waals surface area (Å²) in [6, 6.07) is 3.74. The van der Waals surface area contributed by atoms with Crippen LogP contribution in [0.2, 0.25) is 0 Å². The van der Waals surface area contributed by atoms with Crippen molar-refractivity contribution in [3.8, 4) is 11.6 Å². The van der Waals surface area contributed by atoms with Crippen molar-refractivity contribution in [2.75, 3.05) is 12.4 Å². The Kier molecular flexibility index (Phi) is 4.28. The fourth-order valence-electron chi connectivity index (χ4n) is 1.86. The normalized spacial score (nSPS) is 10.3. The molecule has 0 saturated heterocycles. The van der Waals surface area contributed by atoms with Crippen LogP contribution in [0.25, 0.3) is 0 Å². The molecular weight excluding hydrogens is 240 g/mol. The zero-order chi connectivity index (χ0) is 13.7. The van der Waals surface area contributed by atoms with Crippen LogP contribution in [-0.4, -0.2) is 22.0 Å². The van der Waals surface area contributed by atoms with E-state index in [0.717, 1.165) is 35.7 Å². The molecule has 2 rings (SSSR count). The van der Waals surface area contributed by atoms with Crippen molar-refractivity contribution in [1.29, 1.82) is 0 Å². The number of aryl methyl sites for hydroxylation is 1. The molecule has 19 heavy (non-hydrogen) atoms. The third-order valence-corrected chi connectivity index (χ3v) is 2.81. The van der Waals surface area contributed by atoms with Gasteiger partial charge in [-0.2, -0.15) is 0 Å². The monoisotopic (exact) mass is 258 g/mol. The standard InChI is InChI=1S/C14H18N4O/c1-4-6-11-13(15-3)17-9-18-14(11)19-12-7-5-8-16-10(12)2/h5,7-9H,4,6H2,1-3H3,(H,15,17,18). The largest absolute Gasteiger partial charge is 0.437 e. The molecule has 0 aromatic carbocycles. The Hall–Kier alpha value is -2.17. The Balaban J connectivity index is 2.37. The number of hydrogen-bond acceptors (Lipinski definition) is 5. The lowest BCUT2D eigenvalue weighted by Crippen LogP contribution is -2.03. The molecule has 5 heteroatoms. The van der Waals surface area contributed by atoms with Crippen molar-refractivity contribution in [1.82, 2.24) is 15.0 Å². The minimum Gasteiger partial charge on any atom is -0.437 e. The molecule has 0 aliphatic rings. The van der Waals surface area contributed by atoms with E-state index < -0.39 is 0 Å². The van der Waals surface area contributed by atoms with Crippen LogP contribution >= 0.6 is 0 Å². The summed E-state index contributed by atoms with van der Waals surface area (Å²) in [6.07, 6.45) is 5.12. The zero-order valence-corrected chi connectivity index (χ0v) is 11.5. The summed E-state index contributed by atoms with van der Waals surface area (Å²) in [5, 5.41) is 3.07. The van der Waals surface area contributed by atoms with Gasteiger partial charge in [0.2, 0.25) is 5.88 Å². The lowest BCUT2D eigenvalue weighted by atomic mass is 10.1. The van der Waals surface area contributed by atoms with E-state index >= 15 is 0 Å². The summed E-state index contributed by atoms with van der Waals surface area (Å²) in [6.45, 7) is 4.03. The second-order valence-corrected chi connectivity index (χ2v) is 4.19. The number of pyridine rings is 1. The van der Waals surface area contributed by atoms with Gasteiger partial charge in [-0.25, -0.2) is 9.97 Å². The van der Waals surface area contributed by atoms with Crippen LogP contribution < -0.4 is 10.1 Å². The predicted octanol–water partition coefficient (Wildman–Crippen LogP) is 2.97. The van der Waals surface area contributed by atoms with Crippen LogP contribution in [0.4, 0.5) is 5.82 Å². The fraction of sp³-hybridized carbons (Fsp3) is 0.357. The van der Waals surface area contributed by atoms with E-state index in [2.05, 4.69) is 27.2 Å². The van der Waals surface area contributed by atoms with E-state index in [1.807, 2.05) is 26.1 Å². The van der Waals surface area contributed by atoms with Crippen LogP contribution in [0.1, 0.15) is 24.6 Å². The lowest BCUT2D eigenvalue weighted by molar-refractivity contribution is 0.448. The topological polar surface area (TPSA) is 59.9 Å². The summed E-state index contributed by atoms with van der Waals surface area (Å²) in [7, 11) is 1.85. The van der Waals surface area contributed by atoms with Gasteiger partial charge in [0.15, 0.2) is 5.75 Å². The quantitative estimate of drug-likeness (QED) is 0.893. The third kappa shape index (κ3) is 2.99. The predicted molar refractivity (Wildman–Crippen MR) is 74.6 cm³/mol. The van der Waals surface area contributed by atoms with Crippen LogP contribution in [0.5, 0.6) is 11.6 Å². The molecule has 100 valence electrons. The highest BCUT2D eigenvalue weighted by molar-refractivity contribution is 5.49. The van der Waals surface area contributed by atoms with E-state index in [4.69, 9.17) is 4.74 Å². The van der Waals surface area contributed by atoms with Crippen LogP contribution in [0.15, 0.2) is 24.7 Å². The van der Waals surface area contributed by atoms with Gasteiger partial charge in [-0.3, -0.25) is 4.98 Å². The SMILES string of the molecule is CCCc1c(NC)ncnc1Oc1cccnc1C. The Morgan fingerprint density at radius 2 is 2.11 bits per heavy atom. The van der Waals surface area contributed by atoms with Crippen molar-refractivity contribution in [3.63, 3.8) is 0 Å². The first-order chi connectivity index (χ1) is 9.26. The number of nitrogens with zero attached hydrogens (tertiary/aromatic N) is 3. The van der Waals surface area contributed by atoms with E-state index in [9.17, 15) is 0 Å². The van der Waals surface area contributed by atoms with E-state index in [1.54, 1.807) is 6.20 Å². The molecule has 0 radical (unpaired) electrons. The summed E-state index contributed by atoms with van der Waals surface area (Å²) in [5.41, 5.74) is 1.84. The molecule has 0 fully saturated rings. The summed E-state index contributed by atoms with van der Waals surface area (Å²) in [4.78, 5) is 12.7. The fourth-order valence-corrected chi connectivity index (χ4v) is 1.86. The van der Waals surface area contributed by atoms with Crippen molar-refractivity contribution in [3.05, 3.63) is 35.9 Å². The van der Waals surface area contributed by atoms with E-state index in [-0.39, 0.29) is 0 Å². The molecule has 2 heterocycles. The lowest BCUT2D eigenvalue weighted by Gasteiger charge is -2.13. The Labute approximate surface area is 113 Å². The molecule has 0 spiro atoms. The van der Waals surface area contributed by atoms with Gasteiger partial charge in [0.05, 0.1) is 11.3 Å². The van der Waals surface area contributed by atoms with E-state index in [1.165, 1.54) is 6.33 Å². The maximum atomic E-state index is 5.88. The summed E-state index contributed by atoms with van der Waals surface area (Å²) < 4.78 is 5.88. The maximum Gasteiger partial charge on any atom is 0.227 e. The highest BCUT2D eigenvalue weighted by atomic mass is 16.5. The van der Waals surface area contributed by atoms with E-state index in [0.29, 0.717) is 5.88 Å². The molecule has 2 aromatic rings. The molecule has 5 nitrogen and oxygen atoms in total. The number of aromatic nitrogens is 3. The number of hydrogen-bond donors (Lipinski definition) is 1. The van der Waals surface area contributed by atoms with Crippen molar-refractivity contribution >= 4 is 5.82 Å². The summed E-state index contributed by atoms with van der Waals surface area (Å²) in [5.74, 6) is 2.13. The number of nitrogens with one attached hydrogen (secondary N) is 1. The highest BCUT2D eigenvalue weighted by Crippen LogP contribution is 2.28. The molecule has 0 aliphatic heterocycles. The average molecular weight is 258 g/mol. The first kappa shape index (κ1) is 13.3. The first-order valence-electron chi connectivity index (χ1n) is 6.37. The number of rotatable bonds is 5. The second-order valence-electron chi connectivity index (χ2n) is 4.19. The van der Waals surface area contributed by atoms with Crippen molar-refractivity contribution in [2.45, 2.75) is 26.7 Å². The van der Waals surface area contributed by atoms with Gasteiger partial charge < -0.3 is 10.1 Å². The van der Waals surface area contributed by atoms with Crippen LogP contribution in [0, 0.1) is 6.92 Å². The van der Waals surface area contributed by atoms with Gasteiger partial charge >= 0.3 is 0 Å². The van der Waals surface area contributed by atoms with Gasteiger partial charge in [0, 0.05) is 13.2 Å². The van der Waals surface area contributed by atoms with Crippen molar-refractivity contribution < 1.29 is 4.74 Å². The minimum atomic E-state index is 0.595. The van der Waals surface area contributed by atoms with Crippen LogP contribution in [0.3, 0.4) is 0 Å². The number of anilines is 1. The Morgan fingerprint density at radius 3 is 2.79 bits per heavy atom. The molecule has 0 aliphatic carbocycles. The highest BCUT2D eigenvalue weighted by Gasteiger charge is 2.12. The molecule has 0 bridgehead atoms. The van der Waals surface area contributed by atoms with Gasteiger partial charge in [0.1, 0.15) is 12.1 Å². The van der Waals surface area contributed by atoms with Gasteiger partial charge in [-0.1, -0.05) is 13.3 Å². The molecule has 0 amide bonds. The Morgan fingerprint density at radius 1 is 1.26 bits per heavy atom.